The zero-order chi connectivity index (χ0) is 21.2. The predicted octanol–water partition coefficient (Wildman–Crippen LogP) is 5.55. The lowest BCUT2D eigenvalue weighted by atomic mass is 10.2. The topological polar surface area (TPSA) is 68.2 Å². The highest BCUT2D eigenvalue weighted by molar-refractivity contribution is 7.22. The molecule has 0 saturated heterocycles. The van der Waals surface area contributed by atoms with E-state index in [1.807, 2.05) is 61.5 Å². The van der Waals surface area contributed by atoms with Crippen molar-refractivity contribution in [2.75, 3.05) is 11.5 Å². The Hall–Kier alpha value is -3.36. The van der Waals surface area contributed by atoms with E-state index in [1.54, 1.807) is 16.6 Å². The molecule has 0 fully saturated rings. The first-order valence-corrected chi connectivity index (χ1v) is 11.5. The second-order valence-electron chi connectivity index (χ2n) is 6.78. The van der Waals surface area contributed by atoms with Crippen molar-refractivity contribution in [1.82, 2.24) is 15.0 Å². The van der Waals surface area contributed by atoms with Gasteiger partial charge in [-0.2, -0.15) is 0 Å². The number of amides is 1. The molecule has 0 aliphatic carbocycles. The van der Waals surface area contributed by atoms with Crippen molar-refractivity contribution >= 4 is 54.1 Å². The maximum Gasteiger partial charge on any atom is 0.260 e. The molecule has 0 aliphatic rings. The van der Waals surface area contributed by atoms with Crippen LogP contribution in [0, 0.1) is 0 Å². The number of carbonyl (C=O) groups is 1. The molecule has 5 aromatic rings. The van der Waals surface area contributed by atoms with Gasteiger partial charge in [0.1, 0.15) is 11.3 Å². The van der Waals surface area contributed by atoms with Crippen molar-refractivity contribution in [3.8, 4) is 5.75 Å². The molecule has 8 heteroatoms. The van der Waals surface area contributed by atoms with Gasteiger partial charge in [-0.15, -0.1) is 11.3 Å². The number of aromatic nitrogens is 3. The molecule has 2 aromatic carbocycles. The van der Waals surface area contributed by atoms with Crippen molar-refractivity contribution in [2.45, 2.75) is 13.5 Å². The van der Waals surface area contributed by atoms with Gasteiger partial charge >= 0.3 is 0 Å². The maximum atomic E-state index is 13.6. The monoisotopic (exact) mass is 446 g/mol. The minimum absolute atomic E-state index is 0.127. The number of rotatable bonds is 6. The summed E-state index contributed by atoms with van der Waals surface area (Å²) in [6.45, 7) is 2.82. The number of thiazole rings is 2. The number of benzene rings is 2. The van der Waals surface area contributed by atoms with Gasteiger partial charge in [0.2, 0.25) is 0 Å². The van der Waals surface area contributed by atoms with Crippen LogP contribution in [-0.4, -0.2) is 27.5 Å². The Balaban J connectivity index is 1.59. The van der Waals surface area contributed by atoms with E-state index in [4.69, 9.17) is 9.72 Å². The molecule has 0 atom stereocenters. The van der Waals surface area contributed by atoms with Crippen LogP contribution in [0.4, 0.5) is 5.13 Å². The van der Waals surface area contributed by atoms with Crippen LogP contribution in [0.15, 0.2) is 66.3 Å². The summed E-state index contributed by atoms with van der Waals surface area (Å²) in [6, 6.07) is 17.1. The van der Waals surface area contributed by atoms with Crippen molar-refractivity contribution < 1.29 is 9.53 Å². The number of para-hydroxylation sites is 1. The van der Waals surface area contributed by atoms with Crippen LogP contribution < -0.4 is 9.64 Å². The van der Waals surface area contributed by atoms with E-state index in [2.05, 4.69) is 9.97 Å². The van der Waals surface area contributed by atoms with E-state index in [0.717, 1.165) is 31.9 Å². The second-order valence-corrected chi connectivity index (χ2v) is 8.68. The maximum absolute atomic E-state index is 13.6. The van der Waals surface area contributed by atoms with Crippen molar-refractivity contribution in [1.29, 1.82) is 0 Å². The lowest BCUT2D eigenvalue weighted by Crippen LogP contribution is -2.30. The van der Waals surface area contributed by atoms with E-state index in [-0.39, 0.29) is 5.91 Å². The average Bonchev–Trinajstić information content (AvgIpc) is 3.45. The third kappa shape index (κ3) is 3.87. The van der Waals surface area contributed by atoms with Gasteiger partial charge in [0, 0.05) is 11.8 Å². The van der Waals surface area contributed by atoms with E-state index >= 15 is 0 Å². The van der Waals surface area contributed by atoms with Crippen LogP contribution >= 0.6 is 22.7 Å². The first kappa shape index (κ1) is 19.6. The SMILES string of the molecule is CCOc1cccc2sc(N(Cc3ccccn3)C(=O)c3ccc4ncsc4c3)nc12. The summed E-state index contributed by atoms with van der Waals surface area (Å²) in [6.07, 6.45) is 1.73. The van der Waals surface area contributed by atoms with Gasteiger partial charge in [0.25, 0.3) is 5.91 Å². The van der Waals surface area contributed by atoms with E-state index in [1.165, 1.54) is 22.7 Å². The van der Waals surface area contributed by atoms with Crippen LogP contribution in [-0.2, 0) is 6.54 Å². The number of hydrogen-bond donors (Lipinski definition) is 0. The summed E-state index contributed by atoms with van der Waals surface area (Å²) in [7, 11) is 0. The lowest BCUT2D eigenvalue weighted by molar-refractivity contribution is 0.0985. The molecule has 0 radical (unpaired) electrons. The molecule has 6 nitrogen and oxygen atoms in total. The largest absolute Gasteiger partial charge is 0.492 e. The highest BCUT2D eigenvalue weighted by Crippen LogP contribution is 2.35. The molecule has 0 unspecified atom stereocenters. The second kappa shape index (κ2) is 8.41. The Morgan fingerprint density at radius 3 is 2.84 bits per heavy atom. The average molecular weight is 447 g/mol. The Morgan fingerprint density at radius 1 is 1.06 bits per heavy atom. The normalized spacial score (nSPS) is 11.1. The number of nitrogens with zero attached hydrogens (tertiary/aromatic N) is 4. The van der Waals surface area contributed by atoms with Crippen molar-refractivity contribution in [3.05, 3.63) is 77.6 Å². The van der Waals surface area contributed by atoms with Crippen LogP contribution in [0.25, 0.3) is 20.4 Å². The van der Waals surface area contributed by atoms with Gasteiger partial charge in [-0.05, 0) is 49.4 Å². The number of fused-ring (bicyclic) bond motifs is 2. The zero-order valence-electron chi connectivity index (χ0n) is 16.7. The summed E-state index contributed by atoms with van der Waals surface area (Å²) in [5.74, 6) is 0.594. The standard InChI is InChI=1S/C23H18N4O2S2/c1-2-29-18-7-5-8-19-21(18)26-23(31-19)27(13-16-6-3-4-11-24-16)22(28)15-9-10-17-20(12-15)30-14-25-17/h3-12,14H,2,13H2,1H3. The van der Waals surface area contributed by atoms with E-state index in [0.29, 0.717) is 23.8 Å². The summed E-state index contributed by atoms with van der Waals surface area (Å²) >= 11 is 2.99. The minimum atomic E-state index is -0.127. The number of pyridine rings is 1. The fourth-order valence-electron chi connectivity index (χ4n) is 3.32. The predicted molar refractivity (Wildman–Crippen MR) is 125 cm³/mol. The van der Waals surface area contributed by atoms with E-state index in [9.17, 15) is 4.79 Å². The molecular formula is C23H18N4O2S2. The van der Waals surface area contributed by atoms with Gasteiger partial charge in [-0.25, -0.2) is 9.97 Å². The Labute approximate surface area is 186 Å². The van der Waals surface area contributed by atoms with Crippen LogP contribution in [0.1, 0.15) is 23.0 Å². The van der Waals surface area contributed by atoms with Crippen LogP contribution in [0.3, 0.4) is 0 Å². The molecular weight excluding hydrogens is 428 g/mol. The molecule has 3 aromatic heterocycles. The summed E-state index contributed by atoms with van der Waals surface area (Å²) in [5.41, 5.74) is 4.82. The minimum Gasteiger partial charge on any atom is -0.492 e. The smallest absolute Gasteiger partial charge is 0.260 e. The molecule has 31 heavy (non-hydrogen) atoms. The molecule has 0 bridgehead atoms. The van der Waals surface area contributed by atoms with Crippen LogP contribution in [0.2, 0.25) is 0 Å². The lowest BCUT2D eigenvalue weighted by Gasteiger charge is -2.19. The van der Waals surface area contributed by atoms with Gasteiger partial charge < -0.3 is 4.74 Å². The van der Waals surface area contributed by atoms with Gasteiger partial charge in [0.05, 0.1) is 39.3 Å². The fraction of sp³-hybridized carbons (Fsp3) is 0.130. The van der Waals surface area contributed by atoms with Gasteiger partial charge in [-0.3, -0.25) is 14.7 Å². The number of anilines is 1. The van der Waals surface area contributed by atoms with Gasteiger partial charge in [-0.1, -0.05) is 23.5 Å². The zero-order valence-corrected chi connectivity index (χ0v) is 18.3. The third-order valence-electron chi connectivity index (χ3n) is 4.77. The molecule has 5 rings (SSSR count). The number of hydrogen-bond acceptors (Lipinski definition) is 7. The molecule has 0 N–H and O–H groups in total. The highest BCUT2D eigenvalue weighted by atomic mass is 32.1. The molecule has 154 valence electrons. The molecule has 0 saturated carbocycles. The fourth-order valence-corrected chi connectivity index (χ4v) is 5.02. The molecule has 3 heterocycles. The summed E-state index contributed by atoms with van der Waals surface area (Å²) < 4.78 is 7.69. The third-order valence-corrected chi connectivity index (χ3v) is 6.61. The summed E-state index contributed by atoms with van der Waals surface area (Å²) in [5, 5.41) is 0.613. The number of carbonyl (C=O) groups excluding carboxylic acids is 1. The summed E-state index contributed by atoms with van der Waals surface area (Å²) in [4.78, 5) is 28.8. The van der Waals surface area contributed by atoms with Crippen molar-refractivity contribution in [3.63, 3.8) is 0 Å². The number of ether oxygens (including phenoxy) is 1. The first-order chi connectivity index (χ1) is 15.2. The molecule has 0 aliphatic heterocycles. The van der Waals surface area contributed by atoms with Gasteiger partial charge in [0.15, 0.2) is 5.13 Å². The van der Waals surface area contributed by atoms with Crippen LogP contribution in [0.5, 0.6) is 5.75 Å². The Bertz CT molecular complexity index is 1360. The van der Waals surface area contributed by atoms with Crippen molar-refractivity contribution in [2.24, 2.45) is 0 Å². The first-order valence-electron chi connectivity index (χ1n) is 9.80. The molecule has 1 amide bonds. The Kier molecular flexibility index (Phi) is 5.31. The van der Waals surface area contributed by atoms with E-state index < -0.39 is 0 Å². The molecule has 0 spiro atoms. The highest BCUT2D eigenvalue weighted by Gasteiger charge is 2.23. The Morgan fingerprint density at radius 2 is 2.00 bits per heavy atom. The quantitative estimate of drug-likeness (QED) is 0.342.